The molecule has 0 amide bonds. The predicted molar refractivity (Wildman–Crippen MR) is 94.3 cm³/mol. The number of aryl methyl sites for hydroxylation is 1. The van der Waals surface area contributed by atoms with Gasteiger partial charge in [-0.05, 0) is 55.8 Å². The van der Waals surface area contributed by atoms with Crippen molar-refractivity contribution < 1.29 is 4.79 Å². The fraction of sp³-hybridized carbons (Fsp3) is 0.500. The SMILES string of the molecule is CCn1cc(CC(=O)c2cccc(C3CC3NCC3CC3)c2)cn1. The van der Waals surface area contributed by atoms with Crippen molar-refractivity contribution in [3.8, 4) is 0 Å². The molecule has 0 spiro atoms. The van der Waals surface area contributed by atoms with Gasteiger partial charge in [0.15, 0.2) is 5.78 Å². The van der Waals surface area contributed by atoms with Crippen LogP contribution in [0.3, 0.4) is 0 Å². The summed E-state index contributed by atoms with van der Waals surface area (Å²) in [4.78, 5) is 12.6. The molecule has 126 valence electrons. The highest BCUT2D eigenvalue weighted by Crippen LogP contribution is 2.41. The number of carbonyl (C=O) groups excluding carboxylic acids is 1. The molecule has 1 aromatic heterocycles. The number of nitrogens with zero attached hydrogens (tertiary/aromatic N) is 2. The number of Topliss-reactive ketones (excluding diaryl/α,β-unsaturated/α-hetero) is 1. The summed E-state index contributed by atoms with van der Waals surface area (Å²) in [6.45, 7) is 4.05. The van der Waals surface area contributed by atoms with Gasteiger partial charge < -0.3 is 5.32 Å². The van der Waals surface area contributed by atoms with Gasteiger partial charge in [-0.1, -0.05) is 18.2 Å². The van der Waals surface area contributed by atoms with E-state index in [1.54, 1.807) is 6.20 Å². The molecule has 1 aromatic carbocycles. The van der Waals surface area contributed by atoms with Gasteiger partial charge in [0.05, 0.1) is 6.20 Å². The summed E-state index contributed by atoms with van der Waals surface area (Å²) in [7, 11) is 0. The normalized spacial score (nSPS) is 22.5. The van der Waals surface area contributed by atoms with E-state index in [1.807, 2.05) is 29.9 Å². The minimum absolute atomic E-state index is 0.177. The number of nitrogens with one attached hydrogen (secondary N) is 1. The van der Waals surface area contributed by atoms with Crippen LogP contribution in [0.2, 0.25) is 0 Å². The highest BCUT2D eigenvalue weighted by Gasteiger charge is 2.39. The minimum Gasteiger partial charge on any atom is -0.313 e. The van der Waals surface area contributed by atoms with E-state index >= 15 is 0 Å². The second-order valence-electron chi connectivity index (χ2n) is 7.23. The number of benzene rings is 1. The summed E-state index contributed by atoms with van der Waals surface area (Å²) >= 11 is 0. The first-order valence-electron chi connectivity index (χ1n) is 9.11. The Morgan fingerprint density at radius 2 is 2.25 bits per heavy atom. The Labute approximate surface area is 143 Å². The lowest BCUT2D eigenvalue weighted by atomic mass is 10.0. The maximum atomic E-state index is 12.6. The topological polar surface area (TPSA) is 46.9 Å². The molecule has 2 saturated carbocycles. The van der Waals surface area contributed by atoms with Crippen LogP contribution >= 0.6 is 0 Å². The van der Waals surface area contributed by atoms with Crippen molar-refractivity contribution in [2.45, 2.75) is 51.1 Å². The molecule has 0 bridgehead atoms. The second-order valence-corrected chi connectivity index (χ2v) is 7.23. The molecule has 0 aliphatic heterocycles. The van der Waals surface area contributed by atoms with Crippen LogP contribution < -0.4 is 5.32 Å². The van der Waals surface area contributed by atoms with Gasteiger partial charge in [-0.2, -0.15) is 5.10 Å². The zero-order chi connectivity index (χ0) is 16.5. The Morgan fingerprint density at radius 1 is 1.38 bits per heavy atom. The molecule has 1 N–H and O–H groups in total. The Balaban J connectivity index is 1.37. The predicted octanol–water partition coefficient (Wildman–Crippen LogP) is 3.18. The number of aromatic nitrogens is 2. The molecular weight excluding hydrogens is 298 g/mol. The van der Waals surface area contributed by atoms with E-state index in [0.717, 1.165) is 23.6 Å². The third-order valence-electron chi connectivity index (χ3n) is 5.17. The van der Waals surface area contributed by atoms with Gasteiger partial charge in [-0.3, -0.25) is 9.48 Å². The highest BCUT2D eigenvalue weighted by atomic mass is 16.1. The first-order valence-corrected chi connectivity index (χ1v) is 9.11. The quantitative estimate of drug-likeness (QED) is 0.759. The van der Waals surface area contributed by atoms with Crippen LogP contribution in [0.1, 0.15) is 53.6 Å². The van der Waals surface area contributed by atoms with Gasteiger partial charge in [-0.25, -0.2) is 0 Å². The first kappa shape index (κ1) is 15.6. The average Bonchev–Trinajstić information content (AvgIpc) is 3.51. The lowest BCUT2D eigenvalue weighted by Gasteiger charge is -2.05. The van der Waals surface area contributed by atoms with Crippen molar-refractivity contribution in [1.29, 1.82) is 0 Å². The van der Waals surface area contributed by atoms with Crippen LogP contribution in [-0.2, 0) is 13.0 Å². The largest absolute Gasteiger partial charge is 0.313 e. The molecular formula is C20H25N3O. The van der Waals surface area contributed by atoms with E-state index in [1.165, 1.54) is 31.4 Å². The van der Waals surface area contributed by atoms with E-state index in [2.05, 4.69) is 22.5 Å². The Morgan fingerprint density at radius 3 is 3.00 bits per heavy atom. The first-order chi connectivity index (χ1) is 11.7. The lowest BCUT2D eigenvalue weighted by Crippen LogP contribution is -2.20. The standard InChI is InChI=1S/C20H25N3O/c1-2-23-13-15(12-22-23)8-20(24)17-5-3-4-16(9-17)18-10-19(18)21-11-14-6-7-14/h3-5,9,12-14,18-19,21H,2,6-8,10-11H2,1H3. The summed E-state index contributed by atoms with van der Waals surface area (Å²) in [5.41, 5.74) is 3.12. The number of hydrogen-bond acceptors (Lipinski definition) is 3. The molecule has 4 heteroatoms. The van der Waals surface area contributed by atoms with Crippen LogP contribution in [0, 0.1) is 5.92 Å². The van der Waals surface area contributed by atoms with Crippen molar-refractivity contribution in [3.05, 3.63) is 53.3 Å². The summed E-state index contributed by atoms with van der Waals surface area (Å²) < 4.78 is 1.86. The number of hydrogen-bond donors (Lipinski definition) is 1. The maximum Gasteiger partial charge on any atom is 0.167 e. The third-order valence-corrected chi connectivity index (χ3v) is 5.17. The van der Waals surface area contributed by atoms with Crippen molar-refractivity contribution in [3.63, 3.8) is 0 Å². The Bertz CT molecular complexity index is 732. The van der Waals surface area contributed by atoms with Crippen LogP contribution in [0.25, 0.3) is 0 Å². The molecule has 24 heavy (non-hydrogen) atoms. The molecule has 0 saturated heterocycles. The van der Waals surface area contributed by atoms with Crippen LogP contribution in [0.5, 0.6) is 0 Å². The van der Waals surface area contributed by atoms with Crippen molar-refractivity contribution in [2.24, 2.45) is 5.92 Å². The van der Waals surface area contributed by atoms with Crippen molar-refractivity contribution in [1.82, 2.24) is 15.1 Å². The number of rotatable bonds is 8. The van der Waals surface area contributed by atoms with Crippen LogP contribution in [-0.4, -0.2) is 28.2 Å². The summed E-state index contributed by atoms with van der Waals surface area (Å²) in [5, 5.41) is 7.91. The van der Waals surface area contributed by atoms with Crippen molar-refractivity contribution >= 4 is 5.78 Å². The van der Waals surface area contributed by atoms with Gasteiger partial charge in [0, 0.05) is 36.7 Å². The molecule has 2 aliphatic carbocycles. The Kier molecular flexibility index (Phi) is 4.23. The van der Waals surface area contributed by atoms with Crippen molar-refractivity contribution in [2.75, 3.05) is 6.54 Å². The lowest BCUT2D eigenvalue weighted by molar-refractivity contribution is 0.0993. The maximum absolute atomic E-state index is 12.6. The van der Waals surface area contributed by atoms with Crippen LogP contribution in [0.15, 0.2) is 36.7 Å². The summed E-state index contributed by atoms with van der Waals surface area (Å²) in [6, 6.07) is 8.82. The van der Waals surface area contributed by atoms with Crippen LogP contribution in [0.4, 0.5) is 0 Å². The fourth-order valence-corrected chi connectivity index (χ4v) is 3.33. The Hall–Kier alpha value is -1.94. The summed E-state index contributed by atoms with van der Waals surface area (Å²) in [5.74, 6) is 1.68. The zero-order valence-corrected chi connectivity index (χ0v) is 14.2. The van der Waals surface area contributed by atoms with Gasteiger partial charge in [0.2, 0.25) is 0 Å². The molecule has 2 unspecified atom stereocenters. The molecule has 4 nitrogen and oxygen atoms in total. The highest BCUT2D eigenvalue weighted by molar-refractivity contribution is 5.97. The minimum atomic E-state index is 0.177. The fourth-order valence-electron chi connectivity index (χ4n) is 3.33. The number of carbonyl (C=O) groups is 1. The van der Waals surface area contributed by atoms with Gasteiger partial charge >= 0.3 is 0 Å². The van der Waals surface area contributed by atoms with Gasteiger partial charge in [0.1, 0.15) is 0 Å². The monoisotopic (exact) mass is 323 g/mol. The molecule has 2 aliphatic rings. The molecule has 1 heterocycles. The van der Waals surface area contributed by atoms with E-state index in [0.29, 0.717) is 18.4 Å². The van der Waals surface area contributed by atoms with Gasteiger partial charge in [-0.15, -0.1) is 0 Å². The third kappa shape index (κ3) is 3.59. The molecule has 2 atom stereocenters. The molecule has 4 rings (SSSR count). The zero-order valence-electron chi connectivity index (χ0n) is 14.2. The average molecular weight is 323 g/mol. The van der Waals surface area contributed by atoms with E-state index < -0.39 is 0 Å². The molecule has 2 aromatic rings. The smallest absolute Gasteiger partial charge is 0.167 e. The van der Waals surface area contributed by atoms with E-state index in [4.69, 9.17) is 0 Å². The number of ketones is 1. The summed E-state index contributed by atoms with van der Waals surface area (Å²) in [6.07, 6.45) is 8.17. The molecule has 2 fully saturated rings. The molecule has 0 radical (unpaired) electrons. The van der Waals surface area contributed by atoms with E-state index in [-0.39, 0.29) is 5.78 Å². The second kappa shape index (κ2) is 6.52. The van der Waals surface area contributed by atoms with Gasteiger partial charge in [0.25, 0.3) is 0 Å². The van der Waals surface area contributed by atoms with E-state index in [9.17, 15) is 4.79 Å².